The third kappa shape index (κ3) is 2.66. The van der Waals surface area contributed by atoms with Crippen LogP contribution in [-0.2, 0) is 4.79 Å². The van der Waals surface area contributed by atoms with E-state index in [-0.39, 0.29) is 23.4 Å². The third-order valence-corrected chi connectivity index (χ3v) is 3.73. The van der Waals surface area contributed by atoms with Gasteiger partial charge in [-0.25, -0.2) is 4.39 Å². The fraction of sp³-hybridized carbons (Fsp3) is 0.417. The predicted octanol–water partition coefficient (Wildman–Crippen LogP) is 2.38. The van der Waals surface area contributed by atoms with Gasteiger partial charge in [0.1, 0.15) is 5.82 Å². The second-order valence-corrected chi connectivity index (χ2v) is 5.18. The van der Waals surface area contributed by atoms with Gasteiger partial charge in [0.2, 0.25) is 5.91 Å². The van der Waals surface area contributed by atoms with E-state index in [2.05, 4.69) is 26.6 Å². The van der Waals surface area contributed by atoms with Gasteiger partial charge in [0.05, 0.1) is 11.6 Å². The van der Waals surface area contributed by atoms with Crippen LogP contribution in [0.3, 0.4) is 0 Å². The first-order valence-electron chi connectivity index (χ1n) is 5.55. The normalized spacial score (nSPS) is 23.7. The van der Waals surface area contributed by atoms with Gasteiger partial charge in [-0.3, -0.25) is 4.79 Å². The van der Waals surface area contributed by atoms with Crippen LogP contribution in [0, 0.1) is 17.7 Å². The molecule has 1 aliphatic rings. The van der Waals surface area contributed by atoms with Crippen LogP contribution < -0.4 is 10.6 Å². The lowest BCUT2D eigenvalue weighted by Crippen LogP contribution is -2.28. The number of para-hydroxylation sites is 1. The average Bonchev–Trinajstić information content (AvgIpc) is 2.70. The highest BCUT2D eigenvalue weighted by molar-refractivity contribution is 9.10. The number of benzene rings is 1. The van der Waals surface area contributed by atoms with Crippen LogP contribution in [0.1, 0.15) is 6.92 Å². The van der Waals surface area contributed by atoms with Crippen molar-refractivity contribution in [3.63, 3.8) is 0 Å². The lowest BCUT2D eigenvalue weighted by molar-refractivity contribution is -0.120. The highest BCUT2D eigenvalue weighted by Gasteiger charge is 2.30. The van der Waals surface area contributed by atoms with Crippen molar-refractivity contribution in [1.82, 2.24) is 5.32 Å². The van der Waals surface area contributed by atoms with E-state index < -0.39 is 5.82 Å². The summed E-state index contributed by atoms with van der Waals surface area (Å²) in [6.07, 6.45) is 0. The van der Waals surface area contributed by atoms with Gasteiger partial charge in [-0.15, -0.1) is 0 Å². The largest absolute Gasteiger partial charge is 0.322 e. The van der Waals surface area contributed by atoms with Crippen LogP contribution in [0.4, 0.5) is 10.1 Å². The van der Waals surface area contributed by atoms with Crippen LogP contribution in [0.25, 0.3) is 0 Å². The van der Waals surface area contributed by atoms with E-state index in [1.807, 2.05) is 6.92 Å². The Kier molecular flexibility index (Phi) is 3.79. The summed E-state index contributed by atoms with van der Waals surface area (Å²) in [7, 11) is 0. The van der Waals surface area contributed by atoms with Crippen molar-refractivity contribution in [3.8, 4) is 0 Å². The second-order valence-electron chi connectivity index (χ2n) is 4.33. The molecule has 17 heavy (non-hydrogen) atoms. The molecule has 0 saturated carbocycles. The minimum atomic E-state index is -0.425. The van der Waals surface area contributed by atoms with Gasteiger partial charge in [-0.1, -0.05) is 13.0 Å². The van der Waals surface area contributed by atoms with Crippen molar-refractivity contribution in [2.45, 2.75) is 6.92 Å². The minimum Gasteiger partial charge on any atom is -0.322 e. The zero-order valence-corrected chi connectivity index (χ0v) is 11.1. The molecule has 2 atom stereocenters. The van der Waals surface area contributed by atoms with E-state index in [1.165, 1.54) is 6.07 Å². The van der Waals surface area contributed by atoms with E-state index in [0.29, 0.717) is 11.0 Å². The van der Waals surface area contributed by atoms with Crippen molar-refractivity contribution in [1.29, 1.82) is 0 Å². The fourth-order valence-electron chi connectivity index (χ4n) is 1.99. The van der Waals surface area contributed by atoms with Crippen molar-refractivity contribution < 1.29 is 9.18 Å². The first kappa shape index (κ1) is 12.5. The third-order valence-electron chi connectivity index (χ3n) is 3.07. The molecule has 0 spiro atoms. The smallest absolute Gasteiger partial charge is 0.229 e. The average molecular weight is 301 g/mol. The van der Waals surface area contributed by atoms with Crippen molar-refractivity contribution in [2.75, 3.05) is 18.4 Å². The highest BCUT2D eigenvalue weighted by Crippen LogP contribution is 2.27. The number of anilines is 1. The Labute approximate surface area is 108 Å². The van der Waals surface area contributed by atoms with E-state index in [1.54, 1.807) is 12.1 Å². The monoisotopic (exact) mass is 300 g/mol. The van der Waals surface area contributed by atoms with E-state index in [0.717, 1.165) is 6.54 Å². The number of halogens is 2. The molecule has 5 heteroatoms. The Balaban J connectivity index is 2.13. The van der Waals surface area contributed by atoms with Crippen LogP contribution in [0.15, 0.2) is 22.7 Å². The van der Waals surface area contributed by atoms with E-state index >= 15 is 0 Å². The summed E-state index contributed by atoms with van der Waals surface area (Å²) in [5, 5.41) is 5.80. The lowest BCUT2D eigenvalue weighted by atomic mass is 9.97. The molecule has 3 nitrogen and oxygen atoms in total. The number of hydrogen-bond donors (Lipinski definition) is 2. The Morgan fingerprint density at radius 1 is 1.53 bits per heavy atom. The molecule has 1 fully saturated rings. The molecule has 1 amide bonds. The Morgan fingerprint density at radius 2 is 2.29 bits per heavy atom. The summed E-state index contributed by atoms with van der Waals surface area (Å²) < 4.78 is 14.1. The number of nitrogens with one attached hydrogen (secondary N) is 2. The molecule has 92 valence electrons. The number of hydrogen-bond acceptors (Lipinski definition) is 2. The van der Waals surface area contributed by atoms with Gasteiger partial charge in [-0.05, 0) is 40.5 Å². The molecule has 2 unspecified atom stereocenters. The maximum atomic E-state index is 13.5. The van der Waals surface area contributed by atoms with Gasteiger partial charge < -0.3 is 10.6 Å². The summed E-state index contributed by atoms with van der Waals surface area (Å²) in [5.74, 6) is -0.373. The highest BCUT2D eigenvalue weighted by atomic mass is 79.9. The summed E-state index contributed by atoms with van der Waals surface area (Å²) in [5.41, 5.74) is 0.219. The Morgan fingerprint density at radius 3 is 2.88 bits per heavy atom. The zero-order valence-electron chi connectivity index (χ0n) is 9.47. The maximum absolute atomic E-state index is 13.5. The molecule has 1 saturated heterocycles. The molecule has 1 aromatic carbocycles. The molecule has 0 bridgehead atoms. The van der Waals surface area contributed by atoms with Gasteiger partial charge in [0.15, 0.2) is 0 Å². The first-order valence-corrected chi connectivity index (χ1v) is 6.34. The Bertz CT molecular complexity index is 418. The standard InChI is InChI=1S/C12H14BrFN2O/c1-7-5-15-6-8(7)12(17)16-11-9(13)3-2-4-10(11)14/h2-4,7-8,15H,5-6H2,1H3,(H,16,17). The predicted molar refractivity (Wildman–Crippen MR) is 68.3 cm³/mol. The van der Waals surface area contributed by atoms with E-state index in [9.17, 15) is 9.18 Å². The molecule has 0 radical (unpaired) electrons. The summed E-state index contributed by atoms with van der Waals surface area (Å²) in [4.78, 5) is 12.0. The van der Waals surface area contributed by atoms with Gasteiger partial charge in [-0.2, -0.15) is 0 Å². The zero-order chi connectivity index (χ0) is 12.4. The molecule has 1 aromatic rings. The SMILES string of the molecule is CC1CNCC1C(=O)Nc1c(F)cccc1Br. The fourth-order valence-corrected chi connectivity index (χ4v) is 2.44. The summed E-state index contributed by atoms with van der Waals surface area (Å²) in [6, 6.07) is 4.63. The van der Waals surface area contributed by atoms with Crippen molar-refractivity contribution >= 4 is 27.5 Å². The summed E-state index contributed by atoms with van der Waals surface area (Å²) >= 11 is 3.23. The molecule has 2 rings (SSSR count). The molecule has 0 aromatic heterocycles. The quantitative estimate of drug-likeness (QED) is 0.880. The number of amides is 1. The number of rotatable bonds is 2. The summed E-state index contributed by atoms with van der Waals surface area (Å²) in [6.45, 7) is 3.50. The van der Waals surface area contributed by atoms with Crippen molar-refractivity contribution in [2.24, 2.45) is 11.8 Å². The number of carbonyl (C=O) groups excluding carboxylic acids is 1. The van der Waals surface area contributed by atoms with Crippen LogP contribution in [0.2, 0.25) is 0 Å². The van der Waals surface area contributed by atoms with Crippen LogP contribution in [-0.4, -0.2) is 19.0 Å². The van der Waals surface area contributed by atoms with Gasteiger partial charge >= 0.3 is 0 Å². The van der Waals surface area contributed by atoms with Gasteiger partial charge in [0, 0.05) is 11.0 Å². The molecular weight excluding hydrogens is 287 g/mol. The topological polar surface area (TPSA) is 41.1 Å². The second kappa shape index (κ2) is 5.14. The van der Waals surface area contributed by atoms with Crippen LogP contribution in [0.5, 0.6) is 0 Å². The molecule has 0 aliphatic carbocycles. The molecular formula is C12H14BrFN2O. The maximum Gasteiger partial charge on any atom is 0.229 e. The van der Waals surface area contributed by atoms with Crippen LogP contribution >= 0.6 is 15.9 Å². The number of carbonyl (C=O) groups is 1. The first-order chi connectivity index (χ1) is 8.09. The molecule has 1 heterocycles. The molecule has 1 aliphatic heterocycles. The van der Waals surface area contributed by atoms with E-state index in [4.69, 9.17) is 0 Å². The van der Waals surface area contributed by atoms with Gasteiger partial charge in [0.25, 0.3) is 0 Å². The van der Waals surface area contributed by atoms with Crippen molar-refractivity contribution in [3.05, 3.63) is 28.5 Å². The Hall–Kier alpha value is -0.940. The lowest BCUT2D eigenvalue weighted by Gasteiger charge is -2.15. The minimum absolute atomic E-state index is 0.0958. The molecule has 2 N–H and O–H groups in total.